The zero-order chi connectivity index (χ0) is 11.1. The van der Waals surface area contributed by atoms with Crippen molar-refractivity contribution >= 4 is 17.5 Å². The third-order valence-electron chi connectivity index (χ3n) is 2.28. The fourth-order valence-corrected chi connectivity index (χ4v) is 1.77. The Balaban J connectivity index is 2.10. The van der Waals surface area contributed by atoms with Gasteiger partial charge in [-0.1, -0.05) is 17.7 Å². The lowest BCUT2D eigenvalue weighted by Crippen LogP contribution is -2.61. The van der Waals surface area contributed by atoms with Crippen molar-refractivity contribution in [1.29, 1.82) is 0 Å². The Morgan fingerprint density at radius 3 is 2.80 bits per heavy atom. The van der Waals surface area contributed by atoms with E-state index < -0.39 is 5.60 Å². The van der Waals surface area contributed by atoms with Crippen LogP contribution in [-0.4, -0.2) is 39.6 Å². The second kappa shape index (κ2) is 3.47. The van der Waals surface area contributed by atoms with Gasteiger partial charge in [-0.05, 0) is 19.1 Å². The van der Waals surface area contributed by atoms with Gasteiger partial charge in [-0.15, -0.1) is 0 Å². The van der Waals surface area contributed by atoms with E-state index in [9.17, 15) is 9.90 Å². The fraction of sp³-hybridized carbons (Fsp3) is 0.400. The number of hydrogen-bond acceptors (Lipinski definition) is 3. The van der Waals surface area contributed by atoms with Gasteiger partial charge in [0.2, 0.25) is 0 Å². The first-order chi connectivity index (χ1) is 6.98. The van der Waals surface area contributed by atoms with Gasteiger partial charge in [0.1, 0.15) is 10.8 Å². The van der Waals surface area contributed by atoms with Gasteiger partial charge in [-0.25, -0.2) is 4.98 Å². The minimum Gasteiger partial charge on any atom is -0.386 e. The molecule has 1 N–H and O–H groups in total. The number of nitrogens with zero attached hydrogens (tertiary/aromatic N) is 2. The largest absolute Gasteiger partial charge is 0.386 e. The predicted molar refractivity (Wildman–Crippen MR) is 55.8 cm³/mol. The van der Waals surface area contributed by atoms with E-state index in [2.05, 4.69) is 4.98 Å². The lowest BCUT2D eigenvalue weighted by atomic mass is 9.96. The van der Waals surface area contributed by atoms with Crippen molar-refractivity contribution in [2.24, 2.45) is 0 Å². The zero-order valence-corrected chi connectivity index (χ0v) is 9.03. The van der Waals surface area contributed by atoms with Gasteiger partial charge in [0.25, 0.3) is 5.91 Å². The van der Waals surface area contributed by atoms with Crippen molar-refractivity contribution in [2.45, 2.75) is 12.5 Å². The molecule has 1 aliphatic heterocycles. The SMILES string of the molecule is CC1(O)CN(C(=O)c2cccc(Cl)n2)C1. The molecular weight excluding hydrogens is 216 g/mol. The Labute approximate surface area is 92.5 Å². The summed E-state index contributed by atoms with van der Waals surface area (Å²) in [5.74, 6) is -0.191. The van der Waals surface area contributed by atoms with Gasteiger partial charge in [-0.2, -0.15) is 0 Å². The number of aliphatic hydroxyl groups is 1. The second-order valence-electron chi connectivity index (χ2n) is 4.00. The van der Waals surface area contributed by atoms with Gasteiger partial charge in [0.05, 0.1) is 18.7 Å². The smallest absolute Gasteiger partial charge is 0.272 e. The molecule has 2 rings (SSSR count). The summed E-state index contributed by atoms with van der Waals surface area (Å²) in [5.41, 5.74) is -0.438. The van der Waals surface area contributed by atoms with Crippen molar-refractivity contribution < 1.29 is 9.90 Å². The summed E-state index contributed by atoms with van der Waals surface area (Å²) in [7, 11) is 0. The number of likely N-dealkylation sites (tertiary alicyclic amines) is 1. The third kappa shape index (κ3) is 2.11. The van der Waals surface area contributed by atoms with Crippen LogP contribution >= 0.6 is 11.6 Å². The molecule has 1 aromatic rings. The van der Waals surface area contributed by atoms with Gasteiger partial charge in [-0.3, -0.25) is 4.79 Å². The topological polar surface area (TPSA) is 53.4 Å². The van der Waals surface area contributed by atoms with Crippen molar-refractivity contribution in [1.82, 2.24) is 9.88 Å². The predicted octanol–water partition coefficient (Wildman–Crippen LogP) is 0.942. The van der Waals surface area contributed by atoms with Crippen LogP contribution in [0.2, 0.25) is 5.15 Å². The molecule has 0 radical (unpaired) electrons. The summed E-state index contributed by atoms with van der Waals surface area (Å²) >= 11 is 5.68. The van der Waals surface area contributed by atoms with E-state index in [4.69, 9.17) is 11.6 Å². The van der Waals surface area contributed by atoms with Crippen molar-refractivity contribution in [3.63, 3.8) is 0 Å². The Kier molecular flexibility index (Phi) is 2.40. The molecule has 0 bridgehead atoms. The number of halogens is 1. The maximum Gasteiger partial charge on any atom is 0.272 e. The van der Waals surface area contributed by atoms with E-state index >= 15 is 0 Å². The highest BCUT2D eigenvalue weighted by molar-refractivity contribution is 6.29. The highest BCUT2D eigenvalue weighted by atomic mass is 35.5. The summed E-state index contributed by atoms with van der Waals surface area (Å²) in [6.45, 7) is 2.39. The minimum atomic E-state index is -0.756. The molecule has 1 fully saturated rings. The quantitative estimate of drug-likeness (QED) is 0.726. The van der Waals surface area contributed by atoms with E-state index in [0.29, 0.717) is 23.9 Å². The summed E-state index contributed by atoms with van der Waals surface area (Å²) in [4.78, 5) is 17.2. The number of β-amino-alcohol motifs (C(OH)–C–C–N with tert-alkyl or cyclic N) is 1. The standard InChI is InChI=1S/C10H11ClN2O2/c1-10(15)5-13(6-10)9(14)7-3-2-4-8(11)12-7/h2-4,15H,5-6H2,1H3. The van der Waals surface area contributed by atoms with Crippen LogP contribution in [0.1, 0.15) is 17.4 Å². The number of pyridine rings is 1. The average Bonchev–Trinajstić information content (AvgIpc) is 2.13. The van der Waals surface area contributed by atoms with Gasteiger partial charge >= 0.3 is 0 Å². The molecule has 0 saturated carbocycles. The van der Waals surface area contributed by atoms with Crippen molar-refractivity contribution in [2.75, 3.05) is 13.1 Å². The number of hydrogen-bond donors (Lipinski definition) is 1. The summed E-state index contributed by atoms with van der Waals surface area (Å²) < 4.78 is 0. The van der Waals surface area contributed by atoms with E-state index in [1.54, 1.807) is 30.0 Å². The van der Waals surface area contributed by atoms with Gasteiger partial charge in [0.15, 0.2) is 0 Å². The molecule has 1 aromatic heterocycles. The number of carbonyl (C=O) groups is 1. The van der Waals surface area contributed by atoms with Crippen molar-refractivity contribution in [3.8, 4) is 0 Å². The van der Waals surface area contributed by atoms with Crippen LogP contribution in [0.15, 0.2) is 18.2 Å². The molecular formula is C10H11ClN2O2. The molecule has 15 heavy (non-hydrogen) atoms. The maximum atomic E-state index is 11.8. The number of aromatic nitrogens is 1. The van der Waals surface area contributed by atoms with Crippen LogP contribution in [-0.2, 0) is 0 Å². The lowest BCUT2D eigenvalue weighted by molar-refractivity contribution is -0.0670. The fourth-order valence-electron chi connectivity index (χ4n) is 1.61. The molecule has 1 saturated heterocycles. The maximum absolute atomic E-state index is 11.8. The first kappa shape index (κ1) is 10.4. The average molecular weight is 227 g/mol. The molecule has 0 atom stereocenters. The molecule has 0 aliphatic carbocycles. The highest BCUT2D eigenvalue weighted by Crippen LogP contribution is 2.21. The van der Waals surface area contributed by atoms with Crippen molar-refractivity contribution in [3.05, 3.63) is 29.0 Å². The van der Waals surface area contributed by atoms with E-state index in [1.807, 2.05) is 0 Å². The Morgan fingerprint density at radius 1 is 1.60 bits per heavy atom. The van der Waals surface area contributed by atoms with E-state index in [0.717, 1.165) is 0 Å². The van der Waals surface area contributed by atoms with E-state index in [-0.39, 0.29) is 5.91 Å². The van der Waals surface area contributed by atoms with Crippen LogP contribution in [0.5, 0.6) is 0 Å². The molecule has 4 nitrogen and oxygen atoms in total. The zero-order valence-electron chi connectivity index (χ0n) is 8.27. The summed E-state index contributed by atoms with van der Waals surface area (Å²) in [6, 6.07) is 4.91. The minimum absolute atomic E-state index is 0.191. The second-order valence-corrected chi connectivity index (χ2v) is 4.39. The van der Waals surface area contributed by atoms with E-state index in [1.165, 1.54) is 0 Å². The van der Waals surface area contributed by atoms with Crippen LogP contribution in [0.4, 0.5) is 0 Å². The normalized spacial score (nSPS) is 18.5. The summed E-state index contributed by atoms with van der Waals surface area (Å²) in [5, 5.41) is 9.79. The van der Waals surface area contributed by atoms with Gasteiger partial charge < -0.3 is 10.0 Å². The Morgan fingerprint density at radius 2 is 2.27 bits per heavy atom. The third-order valence-corrected chi connectivity index (χ3v) is 2.49. The first-order valence-corrected chi connectivity index (χ1v) is 5.00. The molecule has 0 spiro atoms. The number of carbonyl (C=O) groups excluding carboxylic acids is 1. The Hall–Kier alpha value is -1.13. The molecule has 0 unspecified atom stereocenters. The molecule has 2 heterocycles. The molecule has 1 amide bonds. The van der Waals surface area contributed by atoms with Gasteiger partial charge in [0, 0.05) is 0 Å². The summed E-state index contributed by atoms with van der Waals surface area (Å²) in [6.07, 6.45) is 0. The highest BCUT2D eigenvalue weighted by Gasteiger charge is 2.39. The van der Waals surface area contributed by atoms with Crippen LogP contribution in [0.25, 0.3) is 0 Å². The van der Waals surface area contributed by atoms with Crippen LogP contribution in [0.3, 0.4) is 0 Å². The Bertz CT molecular complexity index is 398. The van der Waals surface area contributed by atoms with Crippen LogP contribution < -0.4 is 0 Å². The monoisotopic (exact) mass is 226 g/mol. The number of amides is 1. The molecule has 1 aliphatic rings. The first-order valence-electron chi connectivity index (χ1n) is 4.62. The molecule has 80 valence electrons. The van der Waals surface area contributed by atoms with Crippen LogP contribution in [0, 0.1) is 0 Å². The molecule has 5 heteroatoms. The number of rotatable bonds is 1. The molecule has 0 aromatic carbocycles. The lowest BCUT2D eigenvalue weighted by Gasteiger charge is -2.43.